The number of alkyl halides is 6. The highest BCUT2D eigenvalue weighted by Gasteiger charge is 2.39. The molecule has 304 valence electrons. The Balaban J connectivity index is 0.000000181. The van der Waals surface area contributed by atoms with Crippen molar-refractivity contribution in [1.82, 2.24) is 19.1 Å². The van der Waals surface area contributed by atoms with Crippen molar-refractivity contribution < 1.29 is 53.5 Å². The van der Waals surface area contributed by atoms with Crippen molar-refractivity contribution in [2.45, 2.75) is 12.4 Å². The minimum absolute atomic E-state index is 0.172. The number of fused-ring (bicyclic) bond motifs is 2. The fourth-order valence-electron chi connectivity index (χ4n) is 6.10. The van der Waals surface area contributed by atoms with Gasteiger partial charge in [-0.15, -0.1) is 0 Å². The average Bonchev–Trinajstić information content (AvgIpc) is 3.81. The number of nitrogens with one attached hydrogen (secondary N) is 2. The summed E-state index contributed by atoms with van der Waals surface area (Å²) < 4.78 is 137. The van der Waals surface area contributed by atoms with Crippen molar-refractivity contribution in [2.24, 2.45) is 0 Å². The number of imidazole rings is 2. The first kappa shape index (κ1) is 40.7. The van der Waals surface area contributed by atoms with E-state index < -0.39 is 70.2 Å². The number of para-hydroxylation sites is 4. The number of hydrogen-bond acceptors (Lipinski definition) is 4. The van der Waals surface area contributed by atoms with Gasteiger partial charge in [-0.05, 0) is 97.1 Å². The molecular formula is C42H24F10N6O2. The van der Waals surface area contributed by atoms with E-state index in [1.807, 2.05) is 0 Å². The highest BCUT2D eigenvalue weighted by molar-refractivity contribution is 6.05. The lowest BCUT2D eigenvalue weighted by molar-refractivity contribution is -0.146. The molecule has 0 aliphatic carbocycles. The normalized spacial score (nSPS) is 11.6. The van der Waals surface area contributed by atoms with Crippen LogP contribution in [0.2, 0.25) is 0 Å². The first-order chi connectivity index (χ1) is 28.5. The fraction of sp³-hybridized carbons (Fsp3) is 0.0476. The van der Waals surface area contributed by atoms with E-state index in [1.54, 1.807) is 24.3 Å². The Labute approximate surface area is 331 Å². The van der Waals surface area contributed by atoms with Crippen LogP contribution in [-0.4, -0.2) is 30.9 Å². The monoisotopic (exact) mass is 834 g/mol. The molecule has 0 fully saturated rings. The second-order valence-corrected chi connectivity index (χ2v) is 12.7. The van der Waals surface area contributed by atoms with Gasteiger partial charge in [-0.1, -0.05) is 36.4 Å². The van der Waals surface area contributed by atoms with Crippen LogP contribution in [-0.2, 0) is 12.4 Å². The lowest BCUT2D eigenvalue weighted by Gasteiger charge is -2.12. The Bertz CT molecular complexity index is 2690. The summed E-state index contributed by atoms with van der Waals surface area (Å²) >= 11 is 0. The number of aromatic nitrogens is 4. The molecule has 0 unspecified atom stereocenters. The molecule has 2 amide bonds. The van der Waals surface area contributed by atoms with Gasteiger partial charge >= 0.3 is 12.4 Å². The van der Waals surface area contributed by atoms with Crippen molar-refractivity contribution >= 4 is 45.3 Å². The van der Waals surface area contributed by atoms with E-state index >= 15 is 0 Å². The molecule has 8 aromatic rings. The number of carbonyl (C=O) groups excluding carboxylic acids is 2. The highest BCUT2D eigenvalue weighted by Crippen LogP contribution is 2.35. The van der Waals surface area contributed by atoms with E-state index in [2.05, 4.69) is 20.6 Å². The first-order valence-corrected chi connectivity index (χ1v) is 17.3. The number of rotatable bonds is 6. The number of hydrogen-bond donors (Lipinski definition) is 2. The summed E-state index contributed by atoms with van der Waals surface area (Å²) in [6, 6.07) is 29.6. The van der Waals surface area contributed by atoms with Gasteiger partial charge in [0.1, 0.15) is 0 Å². The molecule has 0 bridgehead atoms. The second kappa shape index (κ2) is 16.0. The molecule has 6 aromatic carbocycles. The van der Waals surface area contributed by atoms with Gasteiger partial charge in [0.25, 0.3) is 11.8 Å². The summed E-state index contributed by atoms with van der Waals surface area (Å²) in [6.07, 6.45) is -9.36. The van der Waals surface area contributed by atoms with Gasteiger partial charge in [0.2, 0.25) is 11.6 Å². The second-order valence-electron chi connectivity index (χ2n) is 12.7. The lowest BCUT2D eigenvalue weighted by Crippen LogP contribution is -2.15. The minimum atomic E-state index is -4.68. The van der Waals surface area contributed by atoms with Crippen LogP contribution in [0.1, 0.15) is 32.4 Å². The molecule has 8 rings (SSSR count). The zero-order valence-corrected chi connectivity index (χ0v) is 30.1. The molecule has 0 aliphatic heterocycles. The topological polar surface area (TPSA) is 93.8 Å². The Hall–Kier alpha value is -7.50. The molecule has 2 heterocycles. The molecule has 2 aromatic heterocycles. The molecule has 2 N–H and O–H groups in total. The third kappa shape index (κ3) is 8.25. The summed E-state index contributed by atoms with van der Waals surface area (Å²) in [5.41, 5.74) is 0.672. The van der Waals surface area contributed by atoms with E-state index in [1.165, 1.54) is 84.9 Å². The van der Waals surface area contributed by atoms with Crippen molar-refractivity contribution in [3.05, 3.63) is 180 Å². The van der Waals surface area contributed by atoms with Crippen LogP contribution < -0.4 is 10.6 Å². The van der Waals surface area contributed by atoms with Crippen LogP contribution in [0.5, 0.6) is 0 Å². The third-order valence-electron chi connectivity index (χ3n) is 8.79. The molecule has 0 spiro atoms. The molecule has 60 heavy (non-hydrogen) atoms. The van der Waals surface area contributed by atoms with Crippen LogP contribution >= 0.6 is 0 Å². The molecule has 0 saturated heterocycles. The first-order valence-electron chi connectivity index (χ1n) is 17.3. The van der Waals surface area contributed by atoms with Crippen molar-refractivity contribution in [2.75, 3.05) is 10.6 Å². The van der Waals surface area contributed by atoms with Gasteiger partial charge in [0.15, 0.2) is 23.3 Å². The zero-order chi connectivity index (χ0) is 42.9. The standard InChI is InChI=1S/2C21H12F5N3O/c2*22-15-5-3-4-14(18(15)23)19(30)27-12-8-10-13(11-9-12)29-17-7-2-1-6-16(17)28-20(29)21(24,25)26/h2*1-11H,(H,27,30). The largest absolute Gasteiger partial charge is 0.450 e. The minimum Gasteiger partial charge on any atom is -0.322 e. The van der Waals surface area contributed by atoms with Crippen LogP contribution in [0.25, 0.3) is 33.4 Å². The maximum Gasteiger partial charge on any atom is 0.450 e. The Morgan fingerprint density at radius 1 is 0.450 bits per heavy atom. The summed E-state index contributed by atoms with van der Waals surface area (Å²) in [4.78, 5) is 31.7. The van der Waals surface area contributed by atoms with Crippen LogP contribution in [0.4, 0.5) is 55.3 Å². The molecule has 0 atom stereocenters. The maximum atomic E-state index is 13.8. The Morgan fingerprint density at radius 3 is 1.15 bits per heavy atom. The van der Waals surface area contributed by atoms with Crippen molar-refractivity contribution in [3.63, 3.8) is 0 Å². The molecule has 0 radical (unpaired) electrons. The molecule has 0 saturated carbocycles. The van der Waals surface area contributed by atoms with Gasteiger partial charge in [-0.25, -0.2) is 27.5 Å². The lowest BCUT2D eigenvalue weighted by atomic mass is 10.2. The third-order valence-corrected chi connectivity index (χ3v) is 8.79. The number of carbonyl (C=O) groups is 2. The predicted molar refractivity (Wildman–Crippen MR) is 201 cm³/mol. The van der Waals surface area contributed by atoms with E-state index in [0.29, 0.717) is 0 Å². The van der Waals surface area contributed by atoms with Gasteiger partial charge in [0, 0.05) is 22.7 Å². The smallest absolute Gasteiger partial charge is 0.322 e. The van der Waals surface area contributed by atoms with Gasteiger partial charge in [0.05, 0.1) is 33.2 Å². The number of amides is 2. The number of anilines is 2. The maximum absolute atomic E-state index is 13.8. The van der Waals surface area contributed by atoms with Gasteiger partial charge in [-0.3, -0.25) is 18.7 Å². The SMILES string of the molecule is O=C(Nc1ccc(-n2c(C(F)(F)F)nc3ccccc32)cc1)c1cccc(F)c1F.O=C(Nc1ccc(-n2c(C(F)(F)F)nc3ccccc32)cc1)c1cccc(F)c1F. The van der Waals surface area contributed by atoms with E-state index in [4.69, 9.17) is 0 Å². The van der Waals surface area contributed by atoms with Crippen LogP contribution in [0.3, 0.4) is 0 Å². The molecule has 8 nitrogen and oxygen atoms in total. The summed E-state index contributed by atoms with van der Waals surface area (Å²) in [7, 11) is 0. The van der Waals surface area contributed by atoms with E-state index in [9.17, 15) is 53.5 Å². The van der Waals surface area contributed by atoms with Crippen LogP contribution in [0.15, 0.2) is 133 Å². The van der Waals surface area contributed by atoms with Crippen LogP contribution in [0, 0.1) is 23.3 Å². The fourth-order valence-corrected chi connectivity index (χ4v) is 6.10. The van der Waals surface area contributed by atoms with Gasteiger partial charge in [-0.2, -0.15) is 26.3 Å². The Morgan fingerprint density at radius 2 is 0.800 bits per heavy atom. The number of benzene rings is 6. The quantitative estimate of drug-likeness (QED) is 0.163. The number of nitrogens with zero attached hydrogens (tertiary/aromatic N) is 4. The van der Waals surface area contributed by atoms with Crippen molar-refractivity contribution in [3.8, 4) is 11.4 Å². The molecule has 18 heteroatoms. The summed E-state index contributed by atoms with van der Waals surface area (Å²) in [5.74, 6) is -8.83. The highest BCUT2D eigenvalue weighted by atomic mass is 19.4. The predicted octanol–water partition coefficient (Wildman–Crippen LogP) is 11.1. The van der Waals surface area contributed by atoms with Crippen molar-refractivity contribution in [1.29, 1.82) is 0 Å². The Kier molecular flexibility index (Phi) is 10.9. The molecular weight excluding hydrogens is 810 g/mol. The summed E-state index contributed by atoms with van der Waals surface area (Å²) in [5, 5.41) is 4.78. The molecule has 0 aliphatic rings. The van der Waals surface area contributed by atoms with E-state index in [0.717, 1.165) is 33.4 Å². The zero-order valence-electron chi connectivity index (χ0n) is 30.1. The summed E-state index contributed by atoms with van der Waals surface area (Å²) in [6.45, 7) is 0. The number of halogens is 10. The van der Waals surface area contributed by atoms with Gasteiger partial charge < -0.3 is 10.6 Å². The van der Waals surface area contributed by atoms with E-state index in [-0.39, 0.29) is 44.8 Å². The average molecular weight is 835 g/mol.